The van der Waals surface area contributed by atoms with Crippen molar-refractivity contribution in [1.82, 2.24) is 10.6 Å². The number of hydrogen-bond acceptors (Lipinski definition) is 3. The Bertz CT molecular complexity index is 377. The molecule has 0 aliphatic carbocycles. The Labute approximate surface area is 128 Å². The molecule has 0 spiro atoms. The van der Waals surface area contributed by atoms with Crippen LogP contribution in [0.3, 0.4) is 0 Å². The molecule has 3 N–H and O–H groups in total. The van der Waals surface area contributed by atoms with Crippen LogP contribution in [0.1, 0.15) is 39.5 Å². The predicted octanol–water partition coefficient (Wildman–Crippen LogP) is 1.33. The monoisotopic (exact) mass is 318 g/mol. The number of aliphatic carboxylic acids is 1. The van der Waals surface area contributed by atoms with E-state index in [1.165, 1.54) is 0 Å². The smallest absolute Gasteiger partial charge is 0.315 e. The Hall–Kier alpha value is -1.11. The van der Waals surface area contributed by atoms with Gasteiger partial charge in [-0.2, -0.15) is 0 Å². The molecule has 122 valence electrons. The van der Waals surface area contributed by atoms with Gasteiger partial charge in [0.1, 0.15) is 0 Å². The van der Waals surface area contributed by atoms with Crippen molar-refractivity contribution in [1.29, 1.82) is 0 Å². The van der Waals surface area contributed by atoms with Crippen LogP contribution in [0.4, 0.5) is 4.79 Å². The summed E-state index contributed by atoms with van der Waals surface area (Å²) in [7, 11) is -0.737. The van der Waals surface area contributed by atoms with Crippen LogP contribution in [0.5, 0.6) is 0 Å². The second-order valence-corrected chi connectivity index (χ2v) is 7.77. The lowest BCUT2D eigenvalue weighted by molar-refractivity contribution is -0.138. The fraction of sp³-hybridized carbons (Fsp3) is 0.857. The Morgan fingerprint density at radius 1 is 1.29 bits per heavy atom. The van der Waals surface area contributed by atoms with E-state index < -0.39 is 16.8 Å². The molecule has 1 saturated heterocycles. The van der Waals surface area contributed by atoms with E-state index in [4.69, 9.17) is 5.11 Å². The summed E-state index contributed by atoms with van der Waals surface area (Å²) in [5, 5.41) is 14.5. The first-order valence-electron chi connectivity index (χ1n) is 7.48. The molecule has 1 rings (SSSR count). The predicted molar refractivity (Wildman–Crippen MR) is 82.6 cm³/mol. The van der Waals surface area contributed by atoms with Crippen molar-refractivity contribution in [2.75, 3.05) is 18.1 Å². The lowest BCUT2D eigenvalue weighted by atomic mass is 9.94. The summed E-state index contributed by atoms with van der Waals surface area (Å²) >= 11 is 0. The Morgan fingerprint density at radius 2 is 1.90 bits per heavy atom. The van der Waals surface area contributed by atoms with Crippen molar-refractivity contribution < 1.29 is 18.9 Å². The molecule has 1 fully saturated rings. The van der Waals surface area contributed by atoms with Crippen LogP contribution >= 0.6 is 0 Å². The second-order valence-electron chi connectivity index (χ2n) is 6.07. The summed E-state index contributed by atoms with van der Waals surface area (Å²) in [5.74, 6) is 0.789. The first kappa shape index (κ1) is 17.9. The van der Waals surface area contributed by atoms with Gasteiger partial charge < -0.3 is 15.7 Å². The minimum Gasteiger partial charge on any atom is -0.481 e. The van der Waals surface area contributed by atoms with Crippen LogP contribution in [0.2, 0.25) is 0 Å². The van der Waals surface area contributed by atoms with E-state index in [1.807, 2.05) is 13.8 Å². The van der Waals surface area contributed by atoms with Gasteiger partial charge in [-0.25, -0.2) is 4.79 Å². The molecule has 6 nitrogen and oxygen atoms in total. The molecule has 0 bridgehead atoms. The van der Waals surface area contributed by atoms with E-state index in [9.17, 15) is 13.8 Å². The highest BCUT2D eigenvalue weighted by Gasteiger charge is 2.20. The molecule has 0 radical (unpaired) electrons. The lowest BCUT2D eigenvalue weighted by Crippen LogP contribution is -2.46. The normalized spacial score (nSPS) is 23.6. The number of carbonyl (C=O) groups excluding carboxylic acids is 1. The average molecular weight is 318 g/mol. The summed E-state index contributed by atoms with van der Waals surface area (Å²) in [5.41, 5.74) is 0. The molecule has 7 heteroatoms. The number of carboxylic acids is 1. The third-order valence-electron chi connectivity index (χ3n) is 3.54. The minimum absolute atomic E-state index is 0.0490. The standard InChI is InChI=1S/C14H26N2O4S/c1-10(2)7-11(8-13(17)18)9-15-14(19)16-12-3-5-21(20)6-4-12/h10-12H,3-9H2,1-2H3,(H,17,18)(H2,15,16,19)/t11-,12?,21?/m0/s1. The van der Waals surface area contributed by atoms with Gasteiger partial charge in [-0.05, 0) is 31.1 Å². The maximum absolute atomic E-state index is 11.8. The zero-order chi connectivity index (χ0) is 15.8. The van der Waals surface area contributed by atoms with E-state index in [1.54, 1.807) is 0 Å². The van der Waals surface area contributed by atoms with Gasteiger partial charge in [-0.3, -0.25) is 9.00 Å². The van der Waals surface area contributed by atoms with E-state index in [0.29, 0.717) is 24.0 Å². The first-order valence-corrected chi connectivity index (χ1v) is 8.96. The fourth-order valence-electron chi connectivity index (χ4n) is 2.56. The lowest BCUT2D eigenvalue weighted by Gasteiger charge is -2.24. The van der Waals surface area contributed by atoms with Gasteiger partial charge in [0.25, 0.3) is 0 Å². The van der Waals surface area contributed by atoms with E-state index in [2.05, 4.69) is 10.6 Å². The average Bonchev–Trinajstić information content (AvgIpc) is 2.37. The van der Waals surface area contributed by atoms with Crippen LogP contribution in [0.25, 0.3) is 0 Å². The van der Waals surface area contributed by atoms with E-state index >= 15 is 0 Å². The number of amides is 2. The number of hydrogen-bond donors (Lipinski definition) is 3. The number of urea groups is 1. The van der Waals surface area contributed by atoms with Gasteiger partial charge >= 0.3 is 12.0 Å². The topological polar surface area (TPSA) is 95.5 Å². The second kappa shape index (κ2) is 9.02. The van der Waals surface area contributed by atoms with Gasteiger partial charge in [0.05, 0.1) is 0 Å². The zero-order valence-corrected chi connectivity index (χ0v) is 13.6. The minimum atomic E-state index is -0.836. The molecule has 0 aromatic carbocycles. The highest BCUT2D eigenvalue weighted by molar-refractivity contribution is 7.85. The molecule has 1 aliphatic rings. The highest BCUT2D eigenvalue weighted by Crippen LogP contribution is 2.15. The van der Waals surface area contributed by atoms with Crippen molar-refractivity contribution >= 4 is 22.8 Å². The van der Waals surface area contributed by atoms with E-state index in [0.717, 1.165) is 19.3 Å². The van der Waals surface area contributed by atoms with Gasteiger partial charge in [-0.1, -0.05) is 13.8 Å². The summed E-state index contributed by atoms with van der Waals surface area (Å²) in [6, 6.07) is -0.183. The SMILES string of the molecule is CC(C)C[C@H](CNC(=O)NC1CCS(=O)CC1)CC(=O)O. The summed E-state index contributed by atoms with van der Waals surface area (Å²) in [6.45, 7) is 4.45. The maximum atomic E-state index is 11.8. The number of rotatable bonds is 7. The zero-order valence-electron chi connectivity index (χ0n) is 12.8. The van der Waals surface area contributed by atoms with Crippen molar-refractivity contribution in [3.05, 3.63) is 0 Å². The van der Waals surface area contributed by atoms with Gasteiger partial charge in [0.15, 0.2) is 0 Å². The van der Waals surface area contributed by atoms with Crippen molar-refractivity contribution in [3.63, 3.8) is 0 Å². The quantitative estimate of drug-likeness (QED) is 0.660. The molecule has 0 saturated carbocycles. The Kier molecular flexibility index (Phi) is 7.71. The van der Waals surface area contributed by atoms with Crippen molar-refractivity contribution in [3.8, 4) is 0 Å². The summed E-state index contributed by atoms with van der Waals surface area (Å²) in [4.78, 5) is 22.6. The van der Waals surface area contributed by atoms with Gasteiger partial charge in [0.2, 0.25) is 0 Å². The molecule has 1 aliphatic heterocycles. The van der Waals surface area contributed by atoms with Gasteiger partial charge in [0, 0.05) is 41.3 Å². The molecular weight excluding hydrogens is 292 g/mol. The van der Waals surface area contributed by atoms with Crippen LogP contribution in [0.15, 0.2) is 0 Å². The van der Waals surface area contributed by atoms with Crippen LogP contribution in [0, 0.1) is 11.8 Å². The number of nitrogens with one attached hydrogen (secondary N) is 2. The maximum Gasteiger partial charge on any atom is 0.315 e. The van der Waals surface area contributed by atoms with Gasteiger partial charge in [-0.15, -0.1) is 0 Å². The Morgan fingerprint density at radius 3 is 2.43 bits per heavy atom. The molecule has 2 amide bonds. The highest BCUT2D eigenvalue weighted by atomic mass is 32.2. The number of carbonyl (C=O) groups is 2. The molecule has 1 atom stereocenters. The number of carboxylic acid groups (broad SMARTS) is 1. The van der Waals surface area contributed by atoms with Crippen molar-refractivity contribution in [2.24, 2.45) is 11.8 Å². The van der Waals surface area contributed by atoms with Crippen LogP contribution in [-0.2, 0) is 15.6 Å². The fourth-order valence-corrected chi connectivity index (χ4v) is 3.86. The Balaban J connectivity index is 2.31. The molecule has 0 unspecified atom stereocenters. The molecule has 1 heterocycles. The molecular formula is C14H26N2O4S. The third-order valence-corrected chi connectivity index (χ3v) is 4.92. The molecule has 21 heavy (non-hydrogen) atoms. The van der Waals surface area contributed by atoms with Crippen LogP contribution in [-0.4, -0.2) is 45.4 Å². The van der Waals surface area contributed by atoms with Crippen LogP contribution < -0.4 is 10.6 Å². The largest absolute Gasteiger partial charge is 0.481 e. The molecule has 0 aromatic rings. The summed E-state index contributed by atoms with van der Waals surface area (Å²) in [6.07, 6.45) is 2.32. The van der Waals surface area contributed by atoms with E-state index in [-0.39, 0.29) is 24.4 Å². The summed E-state index contributed by atoms with van der Waals surface area (Å²) < 4.78 is 11.2. The third kappa shape index (κ3) is 8.04. The molecule has 0 aromatic heterocycles. The first-order chi connectivity index (χ1) is 9.86. The van der Waals surface area contributed by atoms with Crippen molar-refractivity contribution in [2.45, 2.75) is 45.6 Å².